The smallest absolute Gasteiger partial charge is 0.189 e. The molecule has 4 heteroatoms. The van der Waals surface area contributed by atoms with Crippen molar-refractivity contribution in [2.45, 2.75) is 0 Å². The first-order chi connectivity index (χ1) is 8.83. The highest BCUT2D eigenvalue weighted by Gasteiger charge is 2.06. The molecule has 0 radical (unpaired) electrons. The normalized spacial score (nSPS) is 9.56. The first kappa shape index (κ1) is 11.9. The highest BCUT2D eigenvalue weighted by molar-refractivity contribution is 5.84. The highest BCUT2D eigenvalue weighted by atomic mass is 17.2. The Morgan fingerprint density at radius 3 is 2.28 bits per heavy atom. The van der Waals surface area contributed by atoms with Crippen molar-refractivity contribution in [2.24, 2.45) is 0 Å². The second-order valence-corrected chi connectivity index (χ2v) is 3.51. The number of benzene rings is 2. The molecule has 0 aliphatic carbocycles. The Balaban J connectivity index is 2.14. The summed E-state index contributed by atoms with van der Waals surface area (Å²) in [5, 5.41) is 0. The maximum absolute atomic E-state index is 10.9. The van der Waals surface area contributed by atoms with E-state index in [-0.39, 0.29) is 11.3 Å². The first-order valence-electron chi connectivity index (χ1n) is 5.27. The van der Waals surface area contributed by atoms with E-state index in [1.165, 1.54) is 12.1 Å². The van der Waals surface area contributed by atoms with Crippen LogP contribution in [0.3, 0.4) is 0 Å². The molecule has 0 heterocycles. The summed E-state index contributed by atoms with van der Waals surface area (Å²) in [6.45, 7) is 0. The van der Waals surface area contributed by atoms with Crippen LogP contribution in [0, 0.1) is 0 Å². The van der Waals surface area contributed by atoms with E-state index >= 15 is 0 Å². The summed E-state index contributed by atoms with van der Waals surface area (Å²) in [6, 6.07) is 13.4. The molecular weight excluding hydrogens is 232 g/mol. The van der Waals surface area contributed by atoms with Crippen molar-refractivity contribution in [3.05, 3.63) is 59.7 Å². The molecule has 0 atom stereocenters. The second-order valence-electron chi connectivity index (χ2n) is 3.51. The van der Waals surface area contributed by atoms with Gasteiger partial charge in [-0.1, -0.05) is 18.2 Å². The van der Waals surface area contributed by atoms with Gasteiger partial charge in [0.15, 0.2) is 17.8 Å². The summed E-state index contributed by atoms with van der Waals surface area (Å²) in [5.41, 5.74) is 0.666. The average molecular weight is 242 g/mol. The predicted octanol–water partition coefficient (Wildman–Crippen LogP) is 2.68. The summed E-state index contributed by atoms with van der Waals surface area (Å²) in [5.74, 6) is 0.785. The largest absolute Gasteiger partial charge is 0.298 e. The molecular formula is C14H10O4. The van der Waals surface area contributed by atoms with E-state index in [2.05, 4.69) is 0 Å². The van der Waals surface area contributed by atoms with Crippen molar-refractivity contribution in [3.63, 3.8) is 0 Å². The van der Waals surface area contributed by atoms with Crippen molar-refractivity contribution >= 4 is 12.6 Å². The Hall–Kier alpha value is -2.62. The van der Waals surface area contributed by atoms with Crippen LogP contribution in [0.2, 0.25) is 0 Å². The summed E-state index contributed by atoms with van der Waals surface area (Å²) in [4.78, 5) is 31.6. The van der Waals surface area contributed by atoms with Crippen LogP contribution in [-0.4, -0.2) is 12.6 Å². The number of rotatable bonds is 5. The van der Waals surface area contributed by atoms with Crippen molar-refractivity contribution in [1.29, 1.82) is 0 Å². The minimum absolute atomic E-state index is 0.260. The predicted molar refractivity (Wildman–Crippen MR) is 64.9 cm³/mol. The molecule has 0 spiro atoms. The molecule has 2 aromatic carbocycles. The van der Waals surface area contributed by atoms with E-state index in [0.29, 0.717) is 23.9 Å². The number of para-hydroxylation sites is 1. The lowest BCUT2D eigenvalue weighted by molar-refractivity contribution is -0.100. The van der Waals surface area contributed by atoms with Crippen molar-refractivity contribution in [1.82, 2.24) is 0 Å². The minimum Gasteiger partial charge on any atom is -0.298 e. The van der Waals surface area contributed by atoms with Gasteiger partial charge in [-0.3, -0.25) is 19.4 Å². The van der Waals surface area contributed by atoms with Crippen LogP contribution in [0.4, 0.5) is 0 Å². The van der Waals surface area contributed by atoms with Crippen LogP contribution >= 0.6 is 0 Å². The van der Waals surface area contributed by atoms with E-state index in [4.69, 9.17) is 9.78 Å². The van der Waals surface area contributed by atoms with Crippen LogP contribution in [0.5, 0.6) is 11.5 Å². The summed E-state index contributed by atoms with van der Waals surface area (Å²) in [6.07, 6.45) is 1.27. The van der Waals surface area contributed by atoms with Crippen molar-refractivity contribution < 1.29 is 19.4 Å². The molecule has 4 nitrogen and oxygen atoms in total. The third-order valence-electron chi connectivity index (χ3n) is 2.27. The van der Waals surface area contributed by atoms with Gasteiger partial charge in [0.25, 0.3) is 0 Å². The Morgan fingerprint density at radius 1 is 0.833 bits per heavy atom. The van der Waals surface area contributed by atoms with E-state index in [9.17, 15) is 9.59 Å². The summed E-state index contributed by atoms with van der Waals surface area (Å²) in [7, 11) is 0. The van der Waals surface area contributed by atoms with E-state index in [0.717, 1.165) is 0 Å². The third-order valence-corrected chi connectivity index (χ3v) is 2.27. The van der Waals surface area contributed by atoms with Gasteiger partial charge in [0.1, 0.15) is 6.29 Å². The Bertz CT molecular complexity index is 549. The van der Waals surface area contributed by atoms with Crippen LogP contribution < -0.4 is 9.78 Å². The fraction of sp³-hybridized carbons (Fsp3) is 0. The standard InChI is InChI=1S/C14H10O4/c15-9-11-6-7-14(12(8-11)10-16)18-17-13-4-2-1-3-5-13/h1-10H. The maximum atomic E-state index is 10.9. The number of aldehydes is 2. The monoisotopic (exact) mass is 242 g/mol. The third kappa shape index (κ3) is 2.74. The molecule has 90 valence electrons. The second kappa shape index (κ2) is 5.63. The molecule has 0 saturated carbocycles. The zero-order valence-electron chi connectivity index (χ0n) is 9.41. The van der Waals surface area contributed by atoms with Crippen molar-refractivity contribution in [2.75, 3.05) is 0 Å². The number of carbonyl (C=O) groups excluding carboxylic acids is 2. The molecule has 18 heavy (non-hydrogen) atoms. The van der Waals surface area contributed by atoms with Gasteiger partial charge < -0.3 is 0 Å². The molecule has 0 aliphatic heterocycles. The number of hydrogen-bond acceptors (Lipinski definition) is 4. The molecule has 0 bridgehead atoms. The van der Waals surface area contributed by atoms with Gasteiger partial charge in [-0.05, 0) is 30.3 Å². The number of carbonyl (C=O) groups is 2. The van der Waals surface area contributed by atoms with Gasteiger partial charge in [0.05, 0.1) is 5.56 Å². The summed E-state index contributed by atoms with van der Waals surface area (Å²) >= 11 is 0. The van der Waals surface area contributed by atoms with Gasteiger partial charge in [-0.25, -0.2) is 0 Å². The van der Waals surface area contributed by atoms with Crippen LogP contribution in [0.25, 0.3) is 0 Å². The highest BCUT2D eigenvalue weighted by Crippen LogP contribution is 2.19. The number of hydrogen-bond donors (Lipinski definition) is 0. The fourth-order valence-electron chi connectivity index (χ4n) is 1.38. The lowest BCUT2D eigenvalue weighted by atomic mass is 10.1. The molecule has 0 unspecified atom stereocenters. The topological polar surface area (TPSA) is 52.6 Å². The van der Waals surface area contributed by atoms with E-state index in [1.807, 2.05) is 6.07 Å². The van der Waals surface area contributed by atoms with Crippen molar-refractivity contribution in [3.8, 4) is 11.5 Å². The zero-order chi connectivity index (χ0) is 12.8. The average Bonchev–Trinajstić information content (AvgIpc) is 2.46. The molecule has 0 fully saturated rings. The Kier molecular flexibility index (Phi) is 3.71. The van der Waals surface area contributed by atoms with Gasteiger partial charge in [0, 0.05) is 5.56 Å². The van der Waals surface area contributed by atoms with Gasteiger partial charge in [-0.2, -0.15) is 0 Å². The lowest BCUT2D eigenvalue weighted by Gasteiger charge is -2.07. The van der Waals surface area contributed by atoms with Crippen LogP contribution in [0.15, 0.2) is 48.5 Å². The van der Waals surface area contributed by atoms with Gasteiger partial charge >= 0.3 is 0 Å². The molecule has 2 rings (SSSR count). The molecule has 0 aromatic heterocycles. The summed E-state index contributed by atoms with van der Waals surface area (Å²) < 4.78 is 0. The molecule has 0 aliphatic rings. The van der Waals surface area contributed by atoms with Gasteiger partial charge in [-0.15, -0.1) is 0 Å². The van der Waals surface area contributed by atoms with E-state index < -0.39 is 0 Å². The minimum atomic E-state index is 0.260. The Morgan fingerprint density at radius 2 is 1.61 bits per heavy atom. The van der Waals surface area contributed by atoms with Crippen LogP contribution in [-0.2, 0) is 0 Å². The van der Waals surface area contributed by atoms with Crippen LogP contribution in [0.1, 0.15) is 20.7 Å². The SMILES string of the molecule is O=Cc1ccc(OOc2ccccc2)c(C=O)c1. The zero-order valence-corrected chi connectivity index (χ0v) is 9.41. The maximum Gasteiger partial charge on any atom is 0.189 e. The fourth-order valence-corrected chi connectivity index (χ4v) is 1.38. The first-order valence-corrected chi connectivity index (χ1v) is 5.27. The molecule has 0 N–H and O–H groups in total. The quantitative estimate of drug-likeness (QED) is 0.459. The lowest BCUT2D eigenvalue weighted by Crippen LogP contribution is -2.03. The molecule has 2 aromatic rings. The van der Waals surface area contributed by atoms with Gasteiger partial charge in [0.2, 0.25) is 0 Å². The molecule has 0 amide bonds. The van der Waals surface area contributed by atoms with E-state index in [1.54, 1.807) is 30.3 Å². The Labute approximate surface area is 104 Å². The molecule has 0 saturated heterocycles.